The molecule has 28 heavy (non-hydrogen) atoms. The predicted molar refractivity (Wildman–Crippen MR) is 109 cm³/mol. The highest BCUT2D eigenvalue weighted by Gasteiger charge is 2.26. The number of aliphatic hydroxyl groups is 1. The molecule has 0 unspecified atom stereocenters. The van der Waals surface area contributed by atoms with E-state index in [2.05, 4.69) is 16.0 Å². The quantitative estimate of drug-likeness (QED) is 0.684. The second kappa shape index (κ2) is 8.20. The third-order valence-electron chi connectivity index (χ3n) is 5.53. The van der Waals surface area contributed by atoms with E-state index in [0.717, 1.165) is 48.4 Å². The Bertz CT molecular complexity index is 907. The molecule has 2 N–H and O–H groups in total. The Labute approximate surface area is 165 Å². The van der Waals surface area contributed by atoms with E-state index in [0.29, 0.717) is 24.0 Å². The molecule has 0 aliphatic carbocycles. The summed E-state index contributed by atoms with van der Waals surface area (Å²) in [6.45, 7) is 2.41. The number of aromatic nitrogens is 2. The minimum absolute atomic E-state index is 0.348. The van der Waals surface area contributed by atoms with Gasteiger partial charge in [-0.05, 0) is 49.7 Å². The van der Waals surface area contributed by atoms with Gasteiger partial charge in [0.2, 0.25) is 0 Å². The zero-order valence-electron chi connectivity index (χ0n) is 16.4. The molecular weight excluding hydrogens is 354 g/mol. The van der Waals surface area contributed by atoms with Crippen molar-refractivity contribution >= 4 is 11.0 Å². The van der Waals surface area contributed by atoms with Gasteiger partial charge in [-0.25, -0.2) is 4.98 Å². The van der Waals surface area contributed by atoms with Gasteiger partial charge in [0.25, 0.3) is 0 Å². The predicted octanol–water partition coefficient (Wildman–Crippen LogP) is 3.49. The van der Waals surface area contributed by atoms with Crippen LogP contribution in [0, 0.1) is 0 Å². The molecule has 1 aromatic heterocycles. The summed E-state index contributed by atoms with van der Waals surface area (Å²) in [4.78, 5) is 10.6. The summed E-state index contributed by atoms with van der Waals surface area (Å²) in [5, 5.41) is 10.9. The first kappa shape index (κ1) is 18.8. The minimum Gasteiger partial charge on any atom is -0.497 e. The maximum Gasteiger partial charge on any atom is 0.124 e. The summed E-state index contributed by atoms with van der Waals surface area (Å²) in [5.41, 5.74) is 2.85. The molecule has 3 aromatic rings. The Morgan fingerprint density at radius 3 is 2.86 bits per heavy atom. The molecule has 1 aliphatic rings. The average Bonchev–Trinajstić information content (AvgIpc) is 3.18. The minimum atomic E-state index is -0.639. The van der Waals surface area contributed by atoms with Crippen LogP contribution in [-0.4, -0.2) is 53.8 Å². The molecule has 1 fully saturated rings. The van der Waals surface area contributed by atoms with Crippen LogP contribution in [0.25, 0.3) is 11.0 Å². The number of hydrogen-bond donors (Lipinski definition) is 2. The lowest BCUT2D eigenvalue weighted by Crippen LogP contribution is -2.37. The maximum absolute atomic E-state index is 10.9. The molecule has 0 saturated carbocycles. The summed E-state index contributed by atoms with van der Waals surface area (Å²) < 4.78 is 10.7. The van der Waals surface area contributed by atoms with Gasteiger partial charge in [0.05, 0.1) is 31.4 Å². The second-order valence-electron chi connectivity index (χ2n) is 7.36. The van der Waals surface area contributed by atoms with E-state index in [-0.39, 0.29) is 0 Å². The van der Waals surface area contributed by atoms with E-state index < -0.39 is 6.10 Å². The summed E-state index contributed by atoms with van der Waals surface area (Å²) in [7, 11) is 3.25. The number of piperidine rings is 1. The number of benzene rings is 2. The zero-order chi connectivity index (χ0) is 19.5. The average molecular weight is 381 g/mol. The lowest BCUT2D eigenvalue weighted by molar-refractivity contribution is 0.0926. The Kier molecular flexibility index (Phi) is 5.50. The van der Waals surface area contributed by atoms with E-state index in [1.807, 2.05) is 36.4 Å². The van der Waals surface area contributed by atoms with Crippen LogP contribution >= 0.6 is 0 Å². The van der Waals surface area contributed by atoms with Gasteiger partial charge in [0.15, 0.2) is 0 Å². The van der Waals surface area contributed by atoms with Gasteiger partial charge in [-0.2, -0.15) is 0 Å². The molecular formula is C22H27N3O3. The number of hydrogen-bond acceptors (Lipinski definition) is 5. The largest absolute Gasteiger partial charge is 0.497 e. The number of imidazole rings is 1. The number of ether oxygens (including phenoxy) is 2. The first-order valence-electron chi connectivity index (χ1n) is 9.75. The molecule has 2 atom stereocenters. The van der Waals surface area contributed by atoms with E-state index in [1.54, 1.807) is 14.2 Å². The molecule has 6 heteroatoms. The van der Waals surface area contributed by atoms with Crippen LogP contribution in [0.15, 0.2) is 42.5 Å². The Balaban J connectivity index is 1.47. The van der Waals surface area contributed by atoms with E-state index in [4.69, 9.17) is 14.5 Å². The lowest BCUT2D eigenvalue weighted by atomic mass is 9.96. The Hall–Kier alpha value is -2.57. The first-order valence-corrected chi connectivity index (χ1v) is 9.75. The zero-order valence-corrected chi connectivity index (χ0v) is 16.4. The molecule has 0 amide bonds. The topological polar surface area (TPSA) is 70.6 Å². The molecule has 0 radical (unpaired) electrons. The molecule has 148 valence electrons. The summed E-state index contributed by atoms with van der Waals surface area (Å²) >= 11 is 0. The number of para-hydroxylation sites is 2. The molecule has 6 nitrogen and oxygen atoms in total. The van der Waals surface area contributed by atoms with Gasteiger partial charge in [0, 0.05) is 24.6 Å². The molecule has 2 heterocycles. The van der Waals surface area contributed by atoms with Gasteiger partial charge < -0.3 is 19.6 Å². The van der Waals surface area contributed by atoms with Gasteiger partial charge in [-0.15, -0.1) is 0 Å². The number of fused-ring (bicyclic) bond motifs is 1. The fourth-order valence-corrected chi connectivity index (χ4v) is 4.05. The fourth-order valence-electron chi connectivity index (χ4n) is 4.05. The number of nitrogens with zero attached hydrogens (tertiary/aromatic N) is 2. The highest BCUT2D eigenvalue weighted by atomic mass is 16.5. The highest BCUT2D eigenvalue weighted by Crippen LogP contribution is 2.32. The number of β-amino-alcohol motifs (C(OH)–C–C–N with tert-alkyl or cyclic N) is 1. The standard InChI is InChI=1S/C22H27N3O3/c1-27-16-9-10-21(28-2)17(12-16)20(26)14-25-11-5-6-15(13-25)22-23-18-7-3-4-8-19(18)24-22/h3-4,7-10,12,15,20,26H,5-6,11,13-14H2,1-2H3,(H,23,24)/t15-,20+/m0/s1. The van der Waals surface area contributed by atoms with E-state index in [1.165, 1.54) is 0 Å². The number of methoxy groups -OCH3 is 2. The van der Waals surface area contributed by atoms with Crippen LogP contribution < -0.4 is 9.47 Å². The number of aliphatic hydroxyl groups excluding tert-OH is 1. The van der Waals surface area contributed by atoms with Crippen molar-refractivity contribution in [2.24, 2.45) is 0 Å². The molecule has 4 rings (SSSR count). The van der Waals surface area contributed by atoms with Crippen molar-refractivity contribution in [1.82, 2.24) is 14.9 Å². The summed E-state index contributed by atoms with van der Waals surface area (Å²) in [6.07, 6.45) is 1.55. The number of nitrogens with one attached hydrogen (secondary N) is 1. The molecule has 0 bridgehead atoms. The van der Waals surface area contributed by atoms with Gasteiger partial charge >= 0.3 is 0 Å². The molecule has 0 spiro atoms. The van der Waals surface area contributed by atoms with Gasteiger partial charge in [-0.1, -0.05) is 12.1 Å². The van der Waals surface area contributed by atoms with Crippen LogP contribution in [0.2, 0.25) is 0 Å². The van der Waals surface area contributed by atoms with Crippen LogP contribution in [0.3, 0.4) is 0 Å². The Morgan fingerprint density at radius 1 is 1.21 bits per heavy atom. The van der Waals surface area contributed by atoms with Crippen molar-refractivity contribution < 1.29 is 14.6 Å². The van der Waals surface area contributed by atoms with Crippen molar-refractivity contribution in [2.75, 3.05) is 33.9 Å². The number of likely N-dealkylation sites (tertiary alicyclic amines) is 1. The van der Waals surface area contributed by atoms with Gasteiger partial charge in [0.1, 0.15) is 17.3 Å². The third kappa shape index (κ3) is 3.84. The van der Waals surface area contributed by atoms with Crippen LogP contribution in [-0.2, 0) is 0 Å². The first-order chi connectivity index (χ1) is 13.7. The van der Waals surface area contributed by atoms with Crippen LogP contribution in [0.4, 0.5) is 0 Å². The lowest BCUT2D eigenvalue weighted by Gasteiger charge is -2.33. The number of rotatable bonds is 6. The normalized spacial score (nSPS) is 18.9. The molecule has 2 aromatic carbocycles. The monoisotopic (exact) mass is 381 g/mol. The van der Waals surface area contributed by atoms with Crippen molar-refractivity contribution in [3.8, 4) is 11.5 Å². The third-order valence-corrected chi connectivity index (χ3v) is 5.53. The molecule has 1 saturated heterocycles. The van der Waals surface area contributed by atoms with Crippen LogP contribution in [0.5, 0.6) is 11.5 Å². The Morgan fingerprint density at radius 2 is 2.07 bits per heavy atom. The second-order valence-corrected chi connectivity index (χ2v) is 7.36. The number of H-pyrrole nitrogens is 1. The highest BCUT2D eigenvalue weighted by molar-refractivity contribution is 5.74. The van der Waals surface area contributed by atoms with Crippen molar-refractivity contribution in [3.63, 3.8) is 0 Å². The van der Waals surface area contributed by atoms with Crippen molar-refractivity contribution in [1.29, 1.82) is 0 Å². The van der Waals surface area contributed by atoms with Crippen LogP contribution in [0.1, 0.15) is 36.3 Å². The fraction of sp³-hybridized carbons (Fsp3) is 0.409. The maximum atomic E-state index is 10.9. The molecule has 1 aliphatic heterocycles. The van der Waals surface area contributed by atoms with Crippen molar-refractivity contribution in [3.05, 3.63) is 53.9 Å². The summed E-state index contributed by atoms with van der Waals surface area (Å²) in [6, 6.07) is 13.7. The smallest absolute Gasteiger partial charge is 0.124 e. The van der Waals surface area contributed by atoms with Gasteiger partial charge in [-0.3, -0.25) is 4.90 Å². The van der Waals surface area contributed by atoms with Crippen molar-refractivity contribution in [2.45, 2.75) is 24.9 Å². The number of aromatic amines is 1. The summed E-state index contributed by atoms with van der Waals surface area (Å²) in [5.74, 6) is 2.78. The SMILES string of the molecule is COc1ccc(OC)c([C@H](O)CN2CCC[C@H](c3nc4ccccc4[nH]3)C2)c1. The van der Waals surface area contributed by atoms with E-state index in [9.17, 15) is 5.11 Å². The van der Waals surface area contributed by atoms with E-state index >= 15 is 0 Å².